The molecule has 16 heavy (non-hydrogen) atoms. The van der Waals surface area contributed by atoms with Crippen LogP contribution in [0.3, 0.4) is 0 Å². The van der Waals surface area contributed by atoms with Crippen LogP contribution in [0.2, 0.25) is 0 Å². The standard InChI is InChI=1S/C10H18N2O4/c1-9(2,3)15-8(14)11-6-7(13)16-12-10(6,4)5/h6,12H,1-5H3,(H,11,14). The molecule has 0 radical (unpaired) electrons. The average molecular weight is 230 g/mol. The number of carbonyl (C=O) groups excluding carboxylic acids is 2. The molecule has 0 aromatic carbocycles. The lowest BCUT2D eigenvalue weighted by Crippen LogP contribution is -2.53. The minimum atomic E-state index is -0.748. The predicted molar refractivity (Wildman–Crippen MR) is 56.5 cm³/mol. The molecule has 0 spiro atoms. The molecule has 0 bridgehead atoms. The van der Waals surface area contributed by atoms with Gasteiger partial charge in [0.25, 0.3) is 0 Å². The summed E-state index contributed by atoms with van der Waals surface area (Å²) in [5.74, 6) is -0.518. The summed E-state index contributed by atoms with van der Waals surface area (Å²) in [6.45, 7) is 8.76. The molecule has 1 aliphatic rings. The Hall–Kier alpha value is -1.30. The molecule has 0 aliphatic carbocycles. The smallest absolute Gasteiger partial charge is 0.408 e. The van der Waals surface area contributed by atoms with Gasteiger partial charge < -0.3 is 14.9 Å². The summed E-state index contributed by atoms with van der Waals surface area (Å²) < 4.78 is 5.06. The maximum absolute atomic E-state index is 11.5. The van der Waals surface area contributed by atoms with Gasteiger partial charge in [-0.2, -0.15) is 0 Å². The molecule has 1 amide bonds. The molecule has 1 unspecified atom stereocenters. The molecule has 1 atom stereocenters. The van der Waals surface area contributed by atoms with E-state index in [2.05, 4.69) is 15.6 Å². The molecule has 0 aromatic rings. The summed E-state index contributed by atoms with van der Waals surface area (Å²) in [6, 6.07) is -0.748. The Morgan fingerprint density at radius 2 is 2.06 bits per heavy atom. The zero-order valence-corrected chi connectivity index (χ0v) is 10.2. The van der Waals surface area contributed by atoms with E-state index in [1.54, 1.807) is 34.6 Å². The highest BCUT2D eigenvalue weighted by Gasteiger charge is 2.45. The quantitative estimate of drug-likeness (QED) is 0.694. The fourth-order valence-electron chi connectivity index (χ4n) is 1.26. The first kappa shape index (κ1) is 12.8. The number of alkyl carbamates (subject to hydrolysis) is 1. The molecule has 6 nitrogen and oxygen atoms in total. The molecule has 1 rings (SSSR count). The van der Waals surface area contributed by atoms with E-state index in [0.29, 0.717) is 0 Å². The van der Waals surface area contributed by atoms with Gasteiger partial charge in [-0.25, -0.2) is 9.59 Å². The maximum Gasteiger partial charge on any atom is 0.408 e. The van der Waals surface area contributed by atoms with Gasteiger partial charge in [0.1, 0.15) is 5.60 Å². The molecule has 92 valence electrons. The highest BCUT2D eigenvalue weighted by atomic mass is 16.7. The number of rotatable bonds is 1. The van der Waals surface area contributed by atoms with E-state index in [1.807, 2.05) is 0 Å². The largest absolute Gasteiger partial charge is 0.444 e. The lowest BCUT2D eigenvalue weighted by atomic mass is 9.97. The van der Waals surface area contributed by atoms with Crippen LogP contribution in [0, 0.1) is 0 Å². The van der Waals surface area contributed by atoms with Gasteiger partial charge in [-0.3, -0.25) is 0 Å². The topological polar surface area (TPSA) is 76.7 Å². The van der Waals surface area contributed by atoms with Gasteiger partial charge in [-0.1, -0.05) is 0 Å². The van der Waals surface area contributed by atoms with Crippen molar-refractivity contribution in [2.75, 3.05) is 0 Å². The van der Waals surface area contributed by atoms with Crippen LogP contribution in [0.25, 0.3) is 0 Å². The lowest BCUT2D eigenvalue weighted by molar-refractivity contribution is -0.144. The van der Waals surface area contributed by atoms with E-state index in [4.69, 9.17) is 4.74 Å². The van der Waals surface area contributed by atoms with Crippen LogP contribution in [0.5, 0.6) is 0 Å². The summed E-state index contributed by atoms with van der Waals surface area (Å²) in [4.78, 5) is 27.5. The van der Waals surface area contributed by atoms with E-state index in [-0.39, 0.29) is 0 Å². The number of carbonyl (C=O) groups is 2. The summed E-state index contributed by atoms with van der Waals surface area (Å²) >= 11 is 0. The van der Waals surface area contributed by atoms with Crippen molar-refractivity contribution in [3.05, 3.63) is 0 Å². The van der Waals surface area contributed by atoms with Crippen molar-refractivity contribution in [3.8, 4) is 0 Å². The Bertz CT molecular complexity index is 306. The van der Waals surface area contributed by atoms with E-state index in [0.717, 1.165) is 0 Å². The van der Waals surface area contributed by atoms with Crippen molar-refractivity contribution in [3.63, 3.8) is 0 Å². The molecule has 1 heterocycles. The van der Waals surface area contributed by atoms with Crippen LogP contribution in [-0.2, 0) is 14.4 Å². The van der Waals surface area contributed by atoms with Gasteiger partial charge >= 0.3 is 12.1 Å². The second-order valence-corrected chi connectivity index (χ2v) is 5.32. The zero-order chi connectivity index (χ0) is 12.6. The third-order valence-electron chi connectivity index (χ3n) is 2.03. The van der Waals surface area contributed by atoms with Crippen molar-refractivity contribution < 1.29 is 19.2 Å². The number of hydrogen-bond acceptors (Lipinski definition) is 5. The van der Waals surface area contributed by atoms with Crippen LogP contribution in [-0.4, -0.2) is 29.2 Å². The molecular weight excluding hydrogens is 212 g/mol. The Morgan fingerprint density at radius 1 is 1.50 bits per heavy atom. The second-order valence-electron chi connectivity index (χ2n) is 5.32. The van der Waals surface area contributed by atoms with Crippen LogP contribution in [0.1, 0.15) is 34.6 Å². The molecule has 6 heteroatoms. The number of hydroxylamine groups is 1. The normalized spacial score (nSPS) is 23.8. The molecule has 1 aliphatic heterocycles. The zero-order valence-electron chi connectivity index (χ0n) is 10.2. The minimum Gasteiger partial charge on any atom is -0.444 e. The summed E-state index contributed by atoms with van der Waals surface area (Å²) in [7, 11) is 0. The monoisotopic (exact) mass is 230 g/mol. The lowest BCUT2D eigenvalue weighted by Gasteiger charge is -2.25. The van der Waals surface area contributed by atoms with Gasteiger partial charge in [0, 0.05) is 0 Å². The number of nitrogens with one attached hydrogen (secondary N) is 2. The van der Waals surface area contributed by atoms with Gasteiger partial charge in [0.05, 0.1) is 5.54 Å². The predicted octanol–water partition coefficient (Wildman–Crippen LogP) is 0.720. The third kappa shape index (κ3) is 3.10. The van der Waals surface area contributed by atoms with Gasteiger partial charge in [-0.05, 0) is 34.6 Å². The SMILES string of the molecule is CC(C)(C)OC(=O)NC1C(=O)ONC1(C)C. The molecule has 2 N–H and O–H groups in total. The van der Waals surface area contributed by atoms with E-state index in [9.17, 15) is 9.59 Å². The summed E-state index contributed by atoms with van der Waals surface area (Å²) in [6.07, 6.45) is -0.633. The highest BCUT2D eigenvalue weighted by Crippen LogP contribution is 2.17. The van der Waals surface area contributed by atoms with Crippen LogP contribution >= 0.6 is 0 Å². The Kier molecular flexibility index (Phi) is 3.14. The van der Waals surface area contributed by atoms with Gasteiger partial charge in [0.2, 0.25) is 0 Å². The first-order valence-corrected chi connectivity index (χ1v) is 5.09. The van der Waals surface area contributed by atoms with E-state index in [1.165, 1.54) is 0 Å². The van der Waals surface area contributed by atoms with Crippen molar-refractivity contribution >= 4 is 12.1 Å². The fraction of sp³-hybridized carbons (Fsp3) is 0.800. The molecule has 1 fully saturated rings. The Balaban J connectivity index is 2.60. The Labute approximate surface area is 94.6 Å². The fourth-order valence-corrected chi connectivity index (χ4v) is 1.26. The molecule has 1 saturated heterocycles. The Morgan fingerprint density at radius 3 is 2.44 bits per heavy atom. The van der Waals surface area contributed by atoms with Crippen LogP contribution in [0.4, 0.5) is 4.79 Å². The first-order valence-electron chi connectivity index (χ1n) is 5.09. The van der Waals surface area contributed by atoms with E-state index >= 15 is 0 Å². The second kappa shape index (κ2) is 3.93. The number of amides is 1. The van der Waals surface area contributed by atoms with Crippen molar-refractivity contribution in [1.29, 1.82) is 0 Å². The van der Waals surface area contributed by atoms with Crippen LogP contribution < -0.4 is 10.8 Å². The number of ether oxygens (including phenoxy) is 1. The molecule has 0 aromatic heterocycles. The van der Waals surface area contributed by atoms with Crippen LogP contribution in [0.15, 0.2) is 0 Å². The van der Waals surface area contributed by atoms with Crippen molar-refractivity contribution in [1.82, 2.24) is 10.8 Å². The third-order valence-corrected chi connectivity index (χ3v) is 2.03. The molecule has 0 saturated carbocycles. The summed E-state index contributed by atoms with van der Waals surface area (Å²) in [5, 5.41) is 2.48. The number of hydrogen-bond donors (Lipinski definition) is 2. The molecular formula is C10H18N2O4. The highest BCUT2D eigenvalue weighted by molar-refractivity contribution is 5.84. The van der Waals surface area contributed by atoms with Crippen molar-refractivity contribution in [2.24, 2.45) is 0 Å². The average Bonchev–Trinajstić information content (AvgIpc) is 2.28. The minimum absolute atomic E-state index is 0.518. The van der Waals surface area contributed by atoms with E-state index < -0.39 is 29.2 Å². The van der Waals surface area contributed by atoms with Gasteiger partial charge in [0.15, 0.2) is 6.04 Å². The van der Waals surface area contributed by atoms with Gasteiger partial charge in [-0.15, -0.1) is 5.48 Å². The van der Waals surface area contributed by atoms with Crippen molar-refractivity contribution in [2.45, 2.75) is 51.8 Å². The summed E-state index contributed by atoms with van der Waals surface area (Å²) in [5.41, 5.74) is 1.31. The maximum atomic E-state index is 11.5. The first-order chi connectivity index (χ1) is 7.12.